The lowest BCUT2D eigenvalue weighted by atomic mass is 9.44. The van der Waals surface area contributed by atoms with E-state index in [1.54, 1.807) is 0 Å². The van der Waals surface area contributed by atoms with Gasteiger partial charge in [0.2, 0.25) is 0 Å². The number of aliphatic hydroxyl groups is 2. The second kappa shape index (κ2) is 7.23. The molecule has 4 saturated carbocycles. The van der Waals surface area contributed by atoms with Crippen molar-refractivity contribution >= 4 is 11.9 Å². The van der Waals surface area contributed by atoms with Crippen molar-refractivity contribution < 1.29 is 29.3 Å². The van der Waals surface area contributed by atoms with Crippen molar-refractivity contribution in [3.63, 3.8) is 0 Å². The van der Waals surface area contributed by atoms with Gasteiger partial charge in [-0.15, -0.1) is 0 Å². The van der Waals surface area contributed by atoms with Crippen LogP contribution in [0.5, 0.6) is 0 Å². The SMILES string of the molecule is CC(=O)O[C@H]1CC[C@]2(C)C3CC[C@@]4(C)C(C[C@@H](O)[C@@H]4O)C3[C@@H](OC(C)=O)C[C@H]2C1. The van der Waals surface area contributed by atoms with E-state index in [-0.39, 0.29) is 46.8 Å². The molecule has 4 aliphatic rings. The van der Waals surface area contributed by atoms with Crippen LogP contribution in [0, 0.1) is 34.5 Å². The quantitative estimate of drug-likeness (QED) is 0.683. The van der Waals surface area contributed by atoms with Crippen molar-refractivity contribution in [3.8, 4) is 0 Å². The summed E-state index contributed by atoms with van der Waals surface area (Å²) in [6, 6.07) is 0. The van der Waals surface area contributed by atoms with Crippen LogP contribution in [0.15, 0.2) is 0 Å². The Bertz CT molecular complexity index is 678. The average molecular weight is 409 g/mol. The van der Waals surface area contributed by atoms with Gasteiger partial charge in [0.25, 0.3) is 0 Å². The largest absolute Gasteiger partial charge is 0.463 e. The van der Waals surface area contributed by atoms with E-state index in [2.05, 4.69) is 13.8 Å². The molecule has 0 radical (unpaired) electrons. The van der Waals surface area contributed by atoms with Crippen LogP contribution in [-0.2, 0) is 19.1 Å². The molecule has 164 valence electrons. The van der Waals surface area contributed by atoms with Gasteiger partial charge in [-0.3, -0.25) is 9.59 Å². The van der Waals surface area contributed by atoms with Crippen LogP contribution in [0.3, 0.4) is 0 Å². The van der Waals surface area contributed by atoms with E-state index in [4.69, 9.17) is 9.47 Å². The van der Waals surface area contributed by atoms with Gasteiger partial charge in [-0.2, -0.15) is 0 Å². The van der Waals surface area contributed by atoms with E-state index >= 15 is 0 Å². The van der Waals surface area contributed by atoms with E-state index in [0.29, 0.717) is 18.3 Å². The number of hydrogen-bond acceptors (Lipinski definition) is 6. The fourth-order valence-corrected chi connectivity index (χ4v) is 7.83. The molecular formula is C23H36O6. The molecule has 0 heterocycles. The highest BCUT2D eigenvalue weighted by atomic mass is 16.5. The number of aliphatic hydroxyl groups excluding tert-OH is 2. The van der Waals surface area contributed by atoms with Gasteiger partial charge in [0.1, 0.15) is 12.2 Å². The predicted molar refractivity (Wildman–Crippen MR) is 106 cm³/mol. The number of fused-ring (bicyclic) bond motifs is 5. The Hall–Kier alpha value is -1.14. The van der Waals surface area contributed by atoms with Crippen molar-refractivity contribution in [3.05, 3.63) is 0 Å². The van der Waals surface area contributed by atoms with Crippen molar-refractivity contribution in [2.24, 2.45) is 34.5 Å². The van der Waals surface area contributed by atoms with Gasteiger partial charge in [-0.1, -0.05) is 13.8 Å². The van der Waals surface area contributed by atoms with E-state index in [1.807, 2.05) is 0 Å². The van der Waals surface area contributed by atoms with Crippen LogP contribution in [0.4, 0.5) is 0 Å². The maximum atomic E-state index is 11.9. The summed E-state index contributed by atoms with van der Waals surface area (Å²) < 4.78 is 11.4. The standard InChI is InChI=1S/C23H36O6/c1-12(24)28-15-5-7-22(3)14(9-15)10-19(29-13(2)25)20-16(22)6-8-23(4)17(20)11-18(26)21(23)27/h14-21,26-27H,5-11H2,1-4H3/t14-,15+,16?,17?,18-,19+,20?,21+,22+,23+/m1/s1. The van der Waals surface area contributed by atoms with Crippen molar-refractivity contribution in [1.29, 1.82) is 0 Å². The van der Waals surface area contributed by atoms with Crippen molar-refractivity contribution in [2.75, 3.05) is 0 Å². The molecule has 2 N–H and O–H groups in total. The molecule has 0 aromatic rings. The molecule has 6 nitrogen and oxygen atoms in total. The molecule has 29 heavy (non-hydrogen) atoms. The lowest BCUT2D eigenvalue weighted by Gasteiger charge is -2.62. The number of hydrogen-bond donors (Lipinski definition) is 2. The highest BCUT2D eigenvalue weighted by Gasteiger charge is 2.65. The molecular weight excluding hydrogens is 372 g/mol. The normalized spacial score (nSPS) is 51.4. The molecule has 0 aromatic carbocycles. The number of ether oxygens (including phenoxy) is 2. The van der Waals surface area contributed by atoms with Gasteiger partial charge in [0, 0.05) is 19.8 Å². The average Bonchev–Trinajstić information content (AvgIpc) is 2.85. The summed E-state index contributed by atoms with van der Waals surface area (Å²) in [5.41, 5.74) is -0.213. The predicted octanol–water partition coefficient (Wildman–Crippen LogP) is 2.83. The van der Waals surface area contributed by atoms with Gasteiger partial charge in [0.05, 0.1) is 12.2 Å². The zero-order valence-corrected chi connectivity index (χ0v) is 18.1. The Balaban J connectivity index is 1.66. The maximum Gasteiger partial charge on any atom is 0.302 e. The first-order valence-corrected chi connectivity index (χ1v) is 11.3. The summed E-state index contributed by atoms with van der Waals surface area (Å²) in [4.78, 5) is 23.4. The minimum absolute atomic E-state index is 0.0518. The minimum atomic E-state index is -0.711. The molecule has 0 bridgehead atoms. The van der Waals surface area contributed by atoms with Crippen molar-refractivity contribution in [2.45, 2.75) is 97.1 Å². The summed E-state index contributed by atoms with van der Waals surface area (Å²) in [6.07, 6.45) is 4.25. The molecule has 0 spiro atoms. The molecule has 3 unspecified atom stereocenters. The third kappa shape index (κ3) is 3.31. The summed E-state index contributed by atoms with van der Waals surface area (Å²) in [7, 11) is 0. The molecule has 10 atom stereocenters. The van der Waals surface area contributed by atoms with Crippen LogP contribution >= 0.6 is 0 Å². The van der Waals surface area contributed by atoms with Crippen molar-refractivity contribution in [1.82, 2.24) is 0 Å². The lowest BCUT2D eigenvalue weighted by Crippen LogP contribution is -2.59. The summed E-state index contributed by atoms with van der Waals surface area (Å²) in [5, 5.41) is 21.2. The van der Waals surface area contributed by atoms with Gasteiger partial charge in [0.15, 0.2) is 0 Å². The summed E-state index contributed by atoms with van der Waals surface area (Å²) in [5.74, 6) is 0.545. The zero-order chi connectivity index (χ0) is 21.1. The molecule has 4 aliphatic carbocycles. The van der Waals surface area contributed by atoms with Gasteiger partial charge >= 0.3 is 11.9 Å². The zero-order valence-electron chi connectivity index (χ0n) is 18.1. The maximum absolute atomic E-state index is 11.9. The Morgan fingerprint density at radius 2 is 1.52 bits per heavy atom. The Morgan fingerprint density at radius 3 is 2.17 bits per heavy atom. The Labute approximate surface area is 173 Å². The molecule has 0 amide bonds. The minimum Gasteiger partial charge on any atom is -0.463 e. The van der Waals surface area contributed by atoms with Crippen LogP contribution in [-0.4, -0.2) is 46.6 Å². The van der Waals surface area contributed by atoms with Crippen LogP contribution in [0.2, 0.25) is 0 Å². The van der Waals surface area contributed by atoms with Crippen LogP contribution in [0.25, 0.3) is 0 Å². The fourth-order valence-electron chi connectivity index (χ4n) is 7.83. The molecule has 0 aromatic heterocycles. The second-order valence-corrected chi connectivity index (χ2v) is 10.7. The Kier molecular flexibility index (Phi) is 5.26. The van der Waals surface area contributed by atoms with E-state index in [0.717, 1.165) is 38.5 Å². The monoisotopic (exact) mass is 408 g/mol. The number of carbonyl (C=O) groups excluding carboxylic acids is 2. The number of rotatable bonds is 2. The topological polar surface area (TPSA) is 93.1 Å². The molecule has 4 rings (SSSR count). The van der Waals surface area contributed by atoms with Crippen LogP contribution in [0.1, 0.15) is 72.6 Å². The highest BCUT2D eigenvalue weighted by Crippen LogP contribution is 2.66. The lowest BCUT2D eigenvalue weighted by molar-refractivity contribution is -0.198. The van der Waals surface area contributed by atoms with E-state index < -0.39 is 12.2 Å². The first-order valence-electron chi connectivity index (χ1n) is 11.3. The third-order valence-electron chi connectivity index (χ3n) is 9.23. The van der Waals surface area contributed by atoms with Gasteiger partial charge in [-0.25, -0.2) is 0 Å². The second-order valence-electron chi connectivity index (χ2n) is 10.7. The smallest absolute Gasteiger partial charge is 0.302 e. The van der Waals surface area contributed by atoms with Crippen LogP contribution < -0.4 is 0 Å². The first kappa shape index (κ1) is 21.1. The molecule has 4 fully saturated rings. The summed E-state index contributed by atoms with van der Waals surface area (Å²) in [6.45, 7) is 7.40. The van der Waals surface area contributed by atoms with Gasteiger partial charge < -0.3 is 19.7 Å². The number of esters is 2. The molecule has 0 saturated heterocycles. The van der Waals surface area contributed by atoms with E-state index in [9.17, 15) is 19.8 Å². The molecule has 0 aliphatic heterocycles. The number of carbonyl (C=O) groups is 2. The summed E-state index contributed by atoms with van der Waals surface area (Å²) >= 11 is 0. The fraction of sp³-hybridized carbons (Fsp3) is 0.913. The van der Waals surface area contributed by atoms with E-state index in [1.165, 1.54) is 13.8 Å². The first-order chi connectivity index (χ1) is 13.6. The highest BCUT2D eigenvalue weighted by molar-refractivity contribution is 5.66. The van der Waals surface area contributed by atoms with Gasteiger partial charge in [-0.05, 0) is 73.5 Å². The third-order valence-corrected chi connectivity index (χ3v) is 9.23. The Morgan fingerprint density at radius 1 is 0.862 bits per heavy atom. The molecule has 6 heteroatoms.